The fraction of sp³-hybridized carbons (Fsp3) is 1.00. The van der Waals surface area contributed by atoms with Crippen LogP contribution in [0.2, 0.25) is 0 Å². The standard InChI is InChI=1S/C9H17ClO/c1-2-3-5-8-6-4-7-11-9(8)10/h8-9H,2-7H2,1H3. The Labute approximate surface area is 74.1 Å². The summed E-state index contributed by atoms with van der Waals surface area (Å²) in [6.07, 6.45) is 6.24. The summed E-state index contributed by atoms with van der Waals surface area (Å²) >= 11 is 6.00. The van der Waals surface area contributed by atoms with Crippen LogP contribution in [0.25, 0.3) is 0 Å². The van der Waals surface area contributed by atoms with E-state index in [2.05, 4.69) is 6.92 Å². The normalized spacial score (nSPS) is 32.2. The molecule has 1 nitrogen and oxygen atoms in total. The highest BCUT2D eigenvalue weighted by Gasteiger charge is 2.22. The molecule has 0 amide bonds. The average molecular weight is 177 g/mol. The molecule has 0 N–H and O–H groups in total. The van der Waals surface area contributed by atoms with Gasteiger partial charge in [0, 0.05) is 6.61 Å². The Kier molecular flexibility index (Phi) is 4.24. The van der Waals surface area contributed by atoms with Crippen molar-refractivity contribution in [2.75, 3.05) is 6.61 Å². The van der Waals surface area contributed by atoms with Crippen LogP contribution in [0.4, 0.5) is 0 Å². The van der Waals surface area contributed by atoms with Gasteiger partial charge < -0.3 is 4.74 Å². The van der Waals surface area contributed by atoms with E-state index in [1.807, 2.05) is 0 Å². The van der Waals surface area contributed by atoms with Crippen molar-refractivity contribution >= 4 is 11.6 Å². The molecule has 1 aliphatic heterocycles. The van der Waals surface area contributed by atoms with Crippen molar-refractivity contribution in [3.8, 4) is 0 Å². The maximum absolute atomic E-state index is 6.00. The van der Waals surface area contributed by atoms with E-state index in [9.17, 15) is 0 Å². The van der Waals surface area contributed by atoms with Crippen LogP contribution in [0.3, 0.4) is 0 Å². The van der Waals surface area contributed by atoms with E-state index in [0.717, 1.165) is 6.61 Å². The van der Waals surface area contributed by atoms with Gasteiger partial charge in [-0.15, -0.1) is 0 Å². The summed E-state index contributed by atoms with van der Waals surface area (Å²) in [6.45, 7) is 3.07. The fourth-order valence-corrected chi connectivity index (χ4v) is 1.89. The maximum atomic E-state index is 6.00. The third-order valence-corrected chi connectivity index (χ3v) is 2.78. The number of halogens is 1. The zero-order chi connectivity index (χ0) is 8.10. The summed E-state index contributed by atoms with van der Waals surface area (Å²) in [6, 6.07) is 0. The molecule has 11 heavy (non-hydrogen) atoms. The van der Waals surface area contributed by atoms with Crippen molar-refractivity contribution in [1.29, 1.82) is 0 Å². The minimum Gasteiger partial charge on any atom is -0.362 e. The lowest BCUT2D eigenvalue weighted by atomic mass is 9.96. The Morgan fingerprint density at radius 1 is 1.55 bits per heavy atom. The molecule has 0 bridgehead atoms. The van der Waals surface area contributed by atoms with Crippen molar-refractivity contribution in [1.82, 2.24) is 0 Å². The lowest BCUT2D eigenvalue weighted by Gasteiger charge is -2.27. The first-order valence-corrected chi connectivity index (χ1v) is 5.04. The number of rotatable bonds is 3. The van der Waals surface area contributed by atoms with Crippen molar-refractivity contribution in [2.24, 2.45) is 5.92 Å². The molecule has 2 atom stereocenters. The van der Waals surface area contributed by atoms with Crippen LogP contribution < -0.4 is 0 Å². The molecule has 1 fully saturated rings. The highest BCUT2D eigenvalue weighted by molar-refractivity contribution is 6.19. The molecule has 0 aromatic rings. The Bertz CT molecular complexity index is 106. The van der Waals surface area contributed by atoms with E-state index in [0.29, 0.717) is 5.92 Å². The van der Waals surface area contributed by atoms with Crippen molar-refractivity contribution < 1.29 is 4.74 Å². The molecule has 0 aromatic carbocycles. The lowest BCUT2D eigenvalue weighted by Crippen LogP contribution is -2.24. The van der Waals surface area contributed by atoms with Gasteiger partial charge in [0.25, 0.3) is 0 Å². The van der Waals surface area contributed by atoms with Crippen LogP contribution >= 0.6 is 11.6 Å². The molecule has 1 saturated heterocycles. The first-order chi connectivity index (χ1) is 5.34. The molecule has 1 heterocycles. The molecule has 2 unspecified atom stereocenters. The number of alkyl halides is 1. The van der Waals surface area contributed by atoms with Crippen LogP contribution in [0.1, 0.15) is 39.0 Å². The smallest absolute Gasteiger partial charge is 0.133 e. The summed E-state index contributed by atoms with van der Waals surface area (Å²) in [7, 11) is 0. The summed E-state index contributed by atoms with van der Waals surface area (Å²) < 4.78 is 5.35. The zero-order valence-corrected chi connectivity index (χ0v) is 7.94. The third kappa shape index (κ3) is 3.00. The Morgan fingerprint density at radius 3 is 3.00 bits per heavy atom. The number of hydrogen-bond acceptors (Lipinski definition) is 1. The highest BCUT2D eigenvalue weighted by Crippen LogP contribution is 2.27. The van der Waals surface area contributed by atoms with E-state index < -0.39 is 0 Å². The predicted molar refractivity (Wildman–Crippen MR) is 47.8 cm³/mol. The maximum Gasteiger partial charge on any atom is 0.133 e. The molecule has 1 rings (SSSR count). The minimum atomic E-state index is -0.00435. The van der Waals surface area contributed by atoms with Gasteiger partial charge in [0.1, 0.15) is 5.56 Å². The van der Waals surface area contributed by atoms with E-state index in [1.54, 1.807) is 0 Å². The summed E-state index contributed by atoms with van der Waals surface area (Å²) in [5.41, 5.74) is -0.00435. The van der Waals surface area contributed by atoms with Gasteiger partial charge in [-0.2, -0.15) is 0 Å². The second-order valence-electron chi connectivity index (χ2n) is 3.27. The van der Waals surface area contributed by atoms with Crippen LogP contribution in [0.15, 0.2) is 0 Å². The van der Waals surface area contributed by atoms with Crippen LogP contribution in [0, 0.1) is 5.92 Å². The summed E-state index contributed by atoms with van der Waals surface area (Å²) in [5, 5.41) is 0. The van der Waals surface area contributed by atoms with Gasteiger partial charge in [0.15, 0.2) is 0 Å². The molecule has 2 heteroatoms. The first-order valence-electron chi connectivity index (χ1n) is 4.60. The van der Waals surface area contributed by atoms with E-state index >= 15 is 0 Å². The largest absolute Gasteiger partial charge is 0.362 e. The van der Waals surface area contributed by atoms with E-state index in [-0.39, 0.29) is 5.56 Å². The van der Waals surface area contributed by atoms with Gasteiger partial charge in [0.05, 0.1) is 0 Å². The van der Waals surface area contributed by atoms with Gasteiger partial charge in [-0.3, -0.25) is 0 Å². The first kappa shape index (κ1) is 9.34. The molecule has 0 spiro atoms. The Hall–Kier alpha value is 0.250. The molecule has 0 aromatic heterocycles. The van der Waals surface area contributed by atoms with Gasteiger partial charge in [-0.25, -0.2) is 0 Å². The summed E-state index contributed by atoms with van der Waals surface area (Å²) in [4.78, 5) is 0. The van der Waals surface area contributed by atoms with Crippen LogP contribution in [-0.2, 0) is 4.74 Å². The predicted octanol–water partition coefficient (Wildman–Crippen LogP) is 3.17. The lowest BCUT2D eigenvalue weighted by molar-refractivity contribution is 0.0215. The van der Waals surface area contributed by atoms with Crippen molar-refractivity contribution in [3.05, 3.63) is 0 Å². The number of ether oxygens (including phenoxy) is 1. The fourth-order valence-electron chi connectivity index (χ4n) is 1.55. The number of hydrogen-bond donors (Lipinski definition) is 0. The summed E-state index contributed by atoms with van der Waals surface area (Å²) in [5.74, 6) is 0.616. The average Bonchev–Trinajstić information content (AvgIpc) is 2.03. The molecule has 0 saturated carbocycles. The molecule has 0 aliphatic carbocycles. The Balaban J connectivity index is 2.18. The molecule has 1 aliphatic rings. The van der Waals surface area contributed by atoms with Crippen LogP contribution in [0.5, 0.6) is 0 Å². The second-order valence-corrected chi connectivity index (χ2v) is 3.70. The molecular weight excluding hydrogens is 160 g/mol. The topological polar surface area (TPSA) is 9.23 Å². The van der Waals surface area contributed by atoms with Crippen molar-refractivity contribution in [3.63, 3.8) is 0 Å². The SMILES string of the molecule is CCCCC1CCCOC1Cl. The van der Waals surface area contributed by atoms with Gasteiger partial charge >= 0.3 is 0 Å². The van der Waals surface area contributed by atoms with Gasteiger partial charge in [0.2, 0.25) is 0 Å². The van der Waals surface area contributed by atoms with Crippen LogP contribution in [-0.4, -0.2) is 12.2 Å². The van der Waals surface area contributed by atoms with Gasteiger partial charge in [-0.1, -0.05) is 31.4 Å². The Morgan fingerprint density at radius 2 is 2.36 bits per heavy atom. The molecular formula is C9H17ClO. The second kappa shape index (κ2) is 5.00. The monoisotopic (exact) mass is 176 g/mol. The zero-order valence-electron chi connectivity index (χ0n) is 7.18. The van der Waals surface area contributed by atoms with Gasteiger partial charge in [-0.05, 0) is 25.2 Å². The highest BCUT2D eigenvalue weighted by atomic mass is 35.5. The van der Waals surface area contributed by atoms with E-state index in [1.165, 1.54) is 32.1 Å². The quantitative estimate of drug-likeness (QED) is 0.601. The minimum absolute atomic E-state index is 0.00435. The molecule has 0 radical (unpaired) electrons. The van der Waals surface area contributed by atoms with Crippen molar-refractivity contribution in [2.45, 2.75) is 44.6 Å². The number of unbranched alkanes of at least 4 members (excludes halogenated alkanes) is 1. The van der Waals surface area contributed by atoms with E-state index in [4.69, 9.17) is 16.3 Å². The third-order valence-electron chi connectivity index (χ3n) is 2.30. The molecule has 66 valence electrons.